The molecule has 4 heteroatoms. The summed E-state index contributed by atoms with van der Waals surface area (Å²) in [6, 6.07) is 10.4. The van der Waals surface area contributed by atoms with Gasteiger partial charge in [0.05, 0.1) is 0 Å². The van der Waals surface area contributed by atoms with E-state index in [0.29, 0.717) is 6.04 Å². The predicted molar refractivity (Wildman–Crippen MR) is 81.2 cm³/mol. The molecule has 1 aliphatic heterocycles. The standard InChI is InChI=1S/C16H24N2O2/c1-17-11-6-5-7-14(17)10-12-18(13-16(19)20)15-8-3-2-4-9-15/h2-4,8-9,14H,5-7,10-13H2,1H3,(H,19,20). The minimum Gasteiger partial charge on any atom is -0.480 e. The maximum absolute atomic E-state index is 11.0. The van der Waals surface area contributed by atoms with Crippen LogP contribution in [0.1, 0.15) is 25.7 Å². The fourth-order valence-electron chi connectivity index (χ4n) is 2.92. The number of benzene rings is 1. The fourth-order valence-corrected chi connectivity index (χ4v) is 2.92. The molecule has 20 heavy (non-hydrogen) atoms. The molecule has 4 nitrogen and oxygen atoms in total. The van der Waals surface area contributed by atoms with E-state index < -0.39 is 5.97 Å². The second-order valence-corrected chi connectivity index (χ2v) is 5.57. The van der Waals surface area contributed by atoms with Crippen molar-refractivity contribution in [3.63, 3.8) is 0 Å². The molecule has 0 aromatic heterocycles. The highest BCUT2D eigenvalue weighted by Crippen LogP contribution is 2.20. The molecule has 1 aromatic carbocycles. The van der Waals surface area contributed by atoms with Gasteiger partial charge in [-0.25, -0.2) is 0 Å². The van der Waals surface area contributed by atoms with Crippen LogP contribution in [0.5, 0.6) is 0 Å². The van der Waals surface area contributed by atoms with Gasteiger partial charge in [0.1, 0.15) is 6.54 Å². The number of piperidine rings is 1. The van der Waals surface area contributed by atoms with Crippen molar-refractivity contribution in [3.05, 3.63) is 30.3 Å². The monoisotopic (exact) mass is 276 g/mol. The molecule has 2 rings (SSSR count). The first-order valence-corrected chi connectivity index (χ1v) is 7.39. The van der Waals surface area contributed by atoms with Gasteiger partial charge in [-0.1, -0.05) is 24.6 Å². The molecule has 0 bridgehead atoms. The largest absolute Gasteiger partial charge is 0.480 e. The Hall–Kier alpha value is -1.55. The lowest BCUT2D eigenvalue weighted by atomic mass is 10.00. The minimum atomic E-state index is -0.772. The number of hydrogen-bond donors (Lipinski definition) is 1. The lowest BCUT2D eigenvalue weighted by Crippen LogP contribution is -2.40. The molecule has 0 amide bonds. The van der Waals surface area contributed by atoms with Crippen LogP contribution in [0.4, 0.5) is 5.69 Å². The Balaban J connectivity index is 1.95. The molecule has 1 heterocycles. The lowest BCUT2D eigenvalue weighted by Gasteiger charge is -2.34. The topological polar surface area (TPSA) is 43.8 Å². The molecular weight excluding hydrogens is 252 g/mol. The molecule has 0 radical (unpaired) electrons. The van der Waals surface area contributed by atoms with Gasteiger partial charge in [0.2, 0.25) is 0 Å². The van der Waals surface area contributed by atoms with Crippen LogP contribution in [-0.4, -0.2) is 48.7 Å². The summed E-state index contributed by atoms with van der Waals surface area (Å²) in [5, 5.41) is 9.08. The van der Waals surface area contributed by atoms with Gasteiger partial charge >= 0.3 is 5.97 Å². The van der Waals surface area contributed by atoms with Gasteiger partial charge in [0, 0.05) is 18.3 Å². The van der Waals surface area contributed by atoms with E-state index in [1.54, 1.807) is 0 Å². The number of nitrogens with zero attached hydrogens (tertiary/aromatic N) is 2. The third kappa shape index (κ3) is 4.23. The van der Waals surface area contributed by atoms with Crippen molar-refractivity contribution < 1.29 is 9.90 Å². The van der Waals surface area contributed by atoms with E-state index in [9.17, 15) is 4.79 Å². The van der Waals surface area contributed by atoms with Gasteiger partial charge in [0.25, 0.3) is 0 Å². The first-order valence-electron chi connectivity index (χ1n) is 7.39. The van der Waals surface area contributed by atoms with Crippen molar-refractivity contribution in [1.82, 2.24) is 4.90 Å². The van der Waals surface area contributed by atoms with E-state index in [0.717, 1.165) is 25.2 Å². The van der Waals surface area contributed by atoms with E-state index in [4.69, 9.17) is 5.11 Å². The summed E-state index contributed by atoms with van der Waals surface area (Å²) in [6.07, 6.45) is 4.83. The van der Waals surface area contributed by atoms with Crippen molar-refractivity contribution in [2.75, 3.05) is 31.6 Å². The summed E-state index contributed by atoms with van der Waals surface area (Å²) < 4.78 is 0. The number of para-hydroxylation sites is 1. The quantitative estimate of drug-likeness (QED) is 0.867. The third-order valence-electron chi connectivity index (χ3n) is 4.10. The molecule has 0 aliphatic carbocycles. The molecule has 1 N–H and O–H groups in total. The molecule has 1 fully saturated rings. The second-order valence-electron chi connectivity index (χ2n) is 5.57. The summed E-state index contributed by atoms with van der Waals surface area (Å²) in [4.78, 5) is 15.4. The van der Waals surface area contributed by atoms with E-state index in [1.165, 1.54) is 19.3 Å². The number of aliphatic carboxylic acids is 1. The highest BCUT2D eigenvalue weighted by Gasteiger charge is 2.20. The van der Waals surface area contributed by atoms with E-state index in [1.807, 2.05) is 35.2 Å². The zero-order valence-corrected chi connectivity index (χ0v) is 12.2. The molecule has 0 saturated carbocycles. The van der Waals surface area contributed by atoms with Crippen LogP contribution in [0.3, 0.4) is 0 Å². The average Bonchev–Trinajstić information content (AvgIpc) is 2.45. The SMILES string of the molecule is CN1CCCCC1CCN(CC(=O)O)c1ccccc1. The van der Waals surface area contributed by atoms with Gasteiger partial charge in [0.15, 0.2) is 0 Å². The van der Waals surface area contributed by atoms with Crippen LogP contribution in [0.25, 0.3) is 0 Å². The Morgan fingerprint density at radius 3 is 2.75 bits per heavy atom. The van der Waals surface area contributed by atoms with Gasteiger partial charge < -0.3 is 14.9 Å². The lowest BCUT2D eigenvalue weighted by molar-refractivity contribution is -0.135. The molecule has 1 atom stereocenters. The fraction of sp³-hybridized carbons (Fsp3) is 0.562. The summed E-state index contributed by atoms with van der Waals surface area (Å²) in [6.45, 7) is 2.03. The van der Waals surface area contributed by atoms with Crippen molar-refractivity contribution in [1.29, 1.82) is 0 Å². The molecule has 1 aliphatic rings. The van der Waals surface area contributed by atoms with E-state index >= 15 is 0 Å². The van der Waals surface area contributed by atoms with Crippen LogP contribution in [0.2, 0.25) is 0 Å². The molecule has 1 saturated heterocycles. The van der Waals surface area contributed by atoms with Crippen molar-refractivity contribution in [2.24, 2.45) is 0 Å². The third-order valence-corrected chi connectivity index (χ3v) is 4.10. The Morgan fingerprint density at radius 2 is 2.10 bits per heavy atom. The summed E-state index contributed by atoms with van der Waals surface area (Å²) in [5.41, 5.74) is 0.994. The van der Waals surface area contributed by atoms with Gasteiger partial charge in [-0.2, -0.15) is 0 Å². The number of carboxylic acid groups (broad SMARTS) is 1. The van der Waals surface area contributed by atoms with E-state index in [2.05, 4.69) is 11.9 Å². The Morgan fingerprint density at radius 1 is 1.35 bits per heavy atom. The van der Waals surface area contributed by atoms with Crippen molar-refractivity contribution >= 4 is 11.7 Å². The summed E-state index contributed by atoms with van der Waals surface area (Å²) >= 11 is 0. The molecule has 1 unspecified atom stereocenters. The summed E-state index contributed by atoms with van der Waals surface area (Å²) in [7, 11) is 2.17. The van der Waals surface area contributed by atoms with Gasteiger partial charge in [-0.3, -0.25) is 4.79 Å². The molecule has 110 valence electrons. The average molecular weight is 276 g/mol. The van der Waals surface area contributed by atoms with E-state index in [-0.39, 0.29) is 6.54 Å². The highest BCUT2D eigenvalue weighted by atomic mass is 16.4. The number of carbonyl (C=O) groups is 1. The number of rotatable bonds is 6. The maximum Gasteiger partial charge on any atom is 0.323 e. The number of hydrogen-bond acceptors (Lipinski definition) is 3. The van der Waals surface area contributed by atoms with Crippen molar-refractivity contribution in [2.45, 2.75) is 31.7 Å². The predicted octanol–water partition coefficient (Wildman–Crippen LogP) is 2.45. The number of likely N-dealkylation sites (tertiary alicyclic amines) is 1. The first-order chi connectivity index (χ1) is 9.66. The maximum atomic E-state index is 11.0. The minimum absolute atomic E-state index is 0.0699. The normalized spacial score (nSPS) is 19.8. The van der Waals surface area contributed by atoms with Crippen LogP contribution in [0.15, 0.2) is 30.3 Å². The number of anilines is 1. The second kappa shape index (κ2) is 7.29. The van der Waals surface area contributed by atoms with Crippen LogP contribution < -0.4 is 4.90 Å². The molecular formula is C16H24N2O2. The smallest absolute Gasteiger partial charge is 0.323 e. The molecule has 1 aromatic rings. The Labute approximate surface area is 121 Å². The van der Waals surface area contributed by atoms with Gasteiger partial charge in [-0.15, -0.1) is 0 Å². The summed E-state index contributed by atoms with van der Waals surface area (Å²) in [5.74, 6) is -0.772. The molecule has 0 spiro atoms. The Bertz CT molecular complexity index is 422. The zero-order valence-electron chi connectivity index (χ0n) is 12.2. The highest BCUT2D eigenvalue weighted by molar-refractivity contribution is 5.73. The number of carboxylic acids is 1. The van der Waals surface area contributed by atoms with Crippen LogP contribution in [0, 0.1) is 0 Å². The zero-order chi connectivity index (χ0) is 14.4. The van der Waals surface area contributed by atoms with Crippen LogP contribution >= 0.6 is 0 Å². The van der Waals surface area contributed by atoms with Crippen LogP contribution in [-0.2, 0) is 4.79 Å². The van der Waals surface area contributed by atoms with Gasteiger partial charge in [-0.05, 0) is 45.0 Å². The Kier molecular flexibility index (Phi) is 5.41. The first kappa shape index (κ1) is 14.9. The van der Waals surface area contributed by atoms with Crippen molar-refractivity contribution in [3.8, 4) is 0 Å².